The number of carbonyl (C=O) groups is 1. The highest BCUT2D eigenvalue weighted by Crippen LogP contribution is 2.32. The summed E-state index contributed by atoms with van der Waals surface area (Å²) in [7, 11) is 0. The Balaban J connectivity index is 2.46. The highest BCUT2D eigenvalue weighted by Gasteiger charge is 2.21. The molecule has 0 atom stereocenters. The van der Waals surface area contributed by atoms with Gasteiger partial charge in [-0.1, -0.05) is 51.9 Å². The fourth-order valence-corrected chi connectivity index (χ4v) is 2.52. The van der Waals surface area contributed by atoms with Crippen molar-refractivity contribution >= 4 is 17.3 Å². The fraction of sp³-hybridized carbons (Fsp3) is 0.588. The van der Waals surface area contributed by atoms with Crippen LogP contribution in [0.3, 0.4) is 0 Å². The van der Waals surface area contributed by atoms with Crippen LogP contribution in [0.5, 0.6) is 5.75 Å². The Bertz CT molecular complexity index is 560. The molecule has 0 aliphatic rings. The van der Waals surface area contributed by atoms with Gasteiger partial charge in [0, 0.05) is 18.7 Å². The molecule has 0 unspecified atom stereocenters. The van der Waals surface area contributed by atoms with Crippen LogP contribution in [0.25, 0.3) is 0 Å². The number of hydrogen-bond donors (Lipinski definition) is 3. The Kier molecular flexibility index (Phi) is 8.60. The number of rotatable bonds is 12. The first-order valence-corrected chi connectivity index (χ1v) is 8.46. The van der Waals surface area contributed by atoms with Crippen molar-refractivity contribution in [2.75, 3.05) is 11.9 Å². The van der Waals surface area contributed by atoms with Crippen LogP contribution in [0.1, 0.15) is 68.6 Å². The van der Waals surface area contributed by atoms with Gasteiger partial charge >= 0.3 is 5.97 Å². The molecule has 0 amide bonds. The molecule has 1 aromatic carbocycles. The molecule has 7 nitrogen and oxygen atoms in total. The Morgan fingerprint density at radius 2 is 1.71 bits per heavy atom. The van der Waals surface area contributed by atoms with Crippen LogP contribution in [0.2, 0.25) is 0 Å². The first kappa shape index (κ1) is 19.7. The quantitative estimate of drug-likeness (QED) is 0.293. The van der Waals surface area contributed by atoms with Gasteiger partial charge in [-0.05, 0) is 6.42 Å². The third-order valence-corrected chi connectivity index (χ3v) is 3.89. The number of hydrogen-bond acceptors (Lipinski definition) is 5. The molecule has 0 aliphatic carbocycles. The maximum Gasteiger partial charge on any atom is 0.339 e. The molecule has 0 saturated carbocycles. The largest absolute Gasteiger partial charge is 0.507 e. The highest BCUT2D eigenvalue weighted by molar-refractivity contribution is 5.93. The number of aromatic carboxylic acids is 1. The van der Waals surface area contributed by atoms with Crippen LogP contribution in [0, 0.1) is 10.1 Å². The first-order chi connectivity index (χ1) is 11.5. The van der Waals surface area contributed by atoms with E-state index in [9.17, 15) is 20.0 Å². The minimum absolute atomic E-state index is 0.144. The van der Waals surface area contributed by atoms with E-state index in [1.54, 1.807) is 0 Å². The number of unbranched alkanes of at least 4 members (excludes halogenated alkanes) is 7. The van der Waals surface area contributed by atoms with Crippen LogP contribution >= 0.6 is 0 Å². The molecule has 134 valence electrons. The van der Waals surface area contributed by atoms with E-state index in [2.05, 4.69) is 12.2 Å². The molecule has 1 aromatic rings. The number of nitro groups is 1. The number of carboxylic acid groups (broad SMARTS) is 1. The lowest BCUT2D eigenvalue weighted by Crippen LogP contribution is -2.06. The molecule has 0 fully saturated rings. The van der Waals surface area contributed by atoms with Gasteiger partial charge in [0.1, 0.15) is 17.0 Å². The average Bonchev–Trinajstić information content (AvgIpc) is 2.52. The minimum atomic E-state index is -1.40. The standard InChI is InChI=1S/C17H26N2O5/c1-2-3-4-5-6-7-8-9-10-18-14-12-16(20)13(17(21)22)11-15(14)19(23)24/h11-12,18,20H,2-10H2,1H3,(H,21,22). The number of aromatic hydroxyl groups is 1. The smallest absolute Gasteiger partial charge is 0.339 e. The zero-order valence-corrected chi connectivity index (χ0v) is 14.1. The second-order valence-electron chi connectivity index (χ2n) is 5.85. The second-order valence-corrected chi connectivity index (χ2v) is 5.85. The van der Waals surface area contributed by atoms with Crippen LogP contribution in [-0.2, 0) is 0 Å². The summed E-state index contributed by atoms with van der Waals surface area (Å²) in [6, 6.07) is 1.99. The van der Waals surface area contributed by atoms with Crippen molar-refractivity contribution in [3.8, 4) is 5.75 Å². The van der Waals surface area contributed by atoms with Crippen molar-refractivity contribution in [2.24, 2.45) is 0 Å². The maximum atomic E-state index is 11.1. The molecule has 0 aromatic heterocycles. The van der Waals surface area contributed by atoms with Gasteiger partial charge in [0.05, 0.1) is 4.92 Å². The Hall–Kier alpha value is -2.31. The molecule has 0 saturated heterocycles. The zero-order chi connectivity index (χ0) is 17.9. The number of anilines is 1. The lowest BCUT2D eigenvalue weighted by molar-refractivity contribution is -0.384. The summed E-state index contributed by atoms with van der Waals surface area (Å²) in [5.74, 6) is -1.88. The van der Waals surface area contributed by atoms with Crippen molar-refractivity contribution in [1.29, 1.82) is 0 Å². The Morgan fingerprint density at radius 1 is 1.12 bits per heavy atom. The van der Waals surface area contributed by atoms with E-state index in [0.29, 0.717) is 6.54 Å². The highest BCUT2D eigenvalue weighted by atomic mass is 16.6. The normalized spacial score (nSPS) is 10.5. The molecular formula is C17H26N2O5. The molecule has 3 N–H and O–H groups in total. The third-order valence-electron chi connectivity index (χ3n) is 3.89. The van der Waals surface area contributed by atoms with Gasteiger partial charge in [-0.3, -0.25) is 10.1 Å². The van der Waals surface area contributed by atoms with Gasteiger partial charge in [-0.15, -0.1) is 0 Å². The predicted molar refractivity (Wildman–Crippen MR) is 92.8 cm³/mol. The topological polar surface area (TPSA) is 113 Å². The Morgan fingerprint density at radius 3 is 2.25 bits per heavy atom. The van der Waals surface area contributed by atoms with Crippen molar-refractivity contribution in [1.82, 2.24) is 0 Å². The third kappa shape index (κ3) is 6.44. The first-order valence-electron chi connectivity index (χ1n) is 8.46. The van der Waals surface area contributed by atoms with E-state index in [1.807, 2.05) is 0 Å². The lowest BCUT2D eigenvalue weighted by atomic mass is 10.1. The molecule has 0 bridgehead atoms. The summed E-state index contributed by atoms with van der Waals surface area (Å²) in [6.45, 7) is 2.73. The summed E-state index contributed by atoms with van der Waals surface area (Å²) in [5, 5.41) is 32.6. The van der Waals surface area contributed by atoms with E-state index in [0.717, 1.165) is 31.4 Å². The maximum absolute atomic E-state index is 11.1. The fourth-order valence-electron chi connectivity index (χ4n) is 2.52. The second kappa shape index (κ2) is 10.5. The number of carboxylic acids is 1. The van der Waals surface area contributed by atoms with Crippen molar-refractivity contribution in [3.05, 3.63) is 27.8 Å². The van der Waals surface area contributed by atoms with Crippen molar-refractivity contribution in [3.63, 3.8) is 0 Å². The van der Waals surface area contributed by atoms with Gasteiger partial charge in [-0.25, -0.2) is 4.79 Å². The van der Waals surface area contributed by atoms with Gasteiger partial charge in [0.15, 0.2) is 0 Å². The molecule has 1 rings (SSSR count). The monoisotopic (exact) mass is 338 g/mol. The van der Waals surface area contributed by atoms with Gasteiger partial charge in [0.2, 0.25) is 0 Å². The van der Waals surface area contributed by atoms with Crippen LogP contribution < -0.4 is 5.32 Å². The number of nitrogens with one attached hydrogen (secondary N) is 1. The summed E-state index contributed by atoms with van der Waals surface area (Å²) in [6.07, 6.45) is 9.27. The average molecular weight is 338 g/mol. The number of benzene rings is 1. The van der Waals surface area contributed by atoms with Crippen LogP contribution in [0.15, 0.2) is 12.1 Å². The molecule has 7 heteroatoms. The predicted octanol–water partition coefficient (Wildman–Crippen LogP) is 4.55. The lowest BCUT2D eigenvalue weighted by Gasteiger charge is -2.09. The van der Waals surface area contributed by atoms with E-state index in [-0.39, 0.29) is 11.4 Å². The number of nitrogens with zero attached hydrogens (tertiary/aromatic N) is 1. The van der Waals surface area contributed by atoms with E-state index >= 15 is 0 Å². The minimum Gasteiger partial charge on any atom is -0.507 e. The van der Waals surface area contributed by atoms with E-state index in [4.69, 9.17) is 5.11 Å². The molecule has 0 heterocycles. The van der Waals surface area contributed by atoms with Gasteiger partial charge in [-0.2, -0.15) is 0 Å². The summed E-state index contributed by atoms with van der Waals surface area (Å²) >= 11 is 0. The molecule has 0 spiro atoms. The van der Waals surface area contributed by atoms with E-state index < -0.39 is 22.2 Å². The molecular weight excluding hydrogens is 312 g/mol. The van der Waals surface area contributed by atoms with Crippen LogP contribution in [-0.4, -0.2) is 27.7 Å². The SMILES string of the molecule is CCCCCCCCCCNc1cc(O)c(C(=O)O)cc1[N+](=O)[O-]. The molecule has 0 radical (unpaired) electrons. The van der Waals surface area contributed by atoms with Crippen molar-refractivity contribution < 1.29 is 19.9 Å². The van der Waals surface area contributed by atoms with Gasteiger partial charge < -0.3 is 15.5 Å². The number of phenols is 1. The number of nitro benzene ring substituents is 1. The summed E-state index contributed by atoms with van der Waals surface area (Å²) in [5.41, 5.74) is -0.672. The van der Waals surface area contributed by atoms with Crippen molar-refractivity contribution in [2.45, 2.75) is 58.3 Å². The van der Waals surface area contributed by atoms with E-state index in [1.165, 1.54) is 32.1 Å². The van der Waals surface area contributed by atoms with Crippen LogP contribution in [0.4, 0.5) is 11.4 Å². The zero-order valence-electron chi connectivity index (χ0n) is 14.1. The molecule has 0 aliphatic heterocycles. The Labute approximate surface area is 141 Å². The van der Waals surface area contributed by atoms with Gasteiger partial charge in [0.25, 0.3) is 5.69 Å². The summed E-state index contributed by atoms with van der Waals surface area (Å²) < 4.78 is 0. The molecule has 24 heavy (non-hydrogen) atoms. The summed E-state index contributed by atoms with van der Waals surface area (Å²) in [4.78, 5) is 21.3.